The smallest absolute Gasteiger partial charge is 0.241 e. The van der Waals surface area contributed by atoms with Gasteiger partial charge in [-0.3, -0.25) is 19.6 Å². The molecule has 29 heavy (non-hydrogen) atoms. The van der Waals surface area contributed by atoms with Crippen molar-refractivity contribution in [2.45, 2.75) is 6.42 Å². The largest absolute Gasteiger partial charge is 0.326 e. The molecule has 1 saturated heterocycles. The van der Waals surface area contributed by atoms with Crippen LogP contribution in [0.5, 0.6) is 0 Å². The Morgan fingerprint density at radius 1 is 0.897 bits per heavy atom. The second-order valence-corrected chi connectivity index (χ2v) is 7.17. The summed E-state index contributed by atoms with van der Waals surface area (Å²) in [6, 6.07) is 27.5. The van der Waals surface area contributed by atoms with Crippen LogP contribution in [0.1, 0.15) is 6.42 Å². The molecule has 0 aromatic heterocycles. The fraction of sp³-hybridized carbons (Fsp3) is 0.167. The van der Waals surface area contributed by atoms with Gasteiger partial charge in [0.1, 0.15) is 0 Å². The lowest BCUT2D eigenvalue weighted by Crippen LogP contribution is -2.41. The lowest BCUT2D eigenvalue weighted by atomic mass is 10.1. The molecule has 0 aliphatic carbocycles. The highest BCUT2D eigenvalue weighted by Crippen LogP contribution is 2.25. The molecule has 5 heteroatoms. The maximum absolute atomic E-state index is 12.7. The molecule has 0 saturated carbocycles. The molecule has 1 heterocycles. The van der Waals surface area contributed by atoms with Gasteiger partial charge in [-0.2, -0.15) is 0 Å². The second kappa shape index (κ2) is 8.19. The molecule has 5 nitrogen and oxygen atoms in total. The standard InChI is InChI=1S/C24H23N3O2/c1-26(22-10-6-3-7-11-22)27-17-20(16-23(27)28)24(29)25-21-14-12-19(13-15-21)18-8-4-2-5-9-18/h2-15,20H,16-17H2,1H3,(H,25,29). The highest BCUT2D eigenvalue weighted by Gasteiger charge is 2.36. The molecule has 1 unspecified atom stereocenters. The van der Waals surface area contributed by atoms with Crippen molar-refractivity contribution in [3.05, 3.63) is 84.9 Å². The highest BCUT2D eigenvalue weighted by molar-refractivity contribution is 5.97. The SMILES string of the molecule is CN(c1ccccc1)N1CC(C(=O)Nc2ccc(-c3ccccc3)cc2)CC1=O. The third-order valence-electron chi connectivity index (χ3n) is 5.22. The summed E-state index contributed by atoms with van der Waals surface area (Å²) in [6.45, 7) is 0.373. The van der Waals surface area contributed by atoms with E-state index in [4.69, 9.17) is 0 Å². The molecule has 0 radical (unpaired) electrons. The maximum Gasteiger partial charge on any atom is 0.241 e. The van der Waals surface area contributed by atoms with Crippen molar-refractivity contribution in [1.29, 1.82) is 0 Å². The Morgan fingerprint density at radius 2 is 1.48 bits per heavy atom. The zero-order chi connectivity index (χ0) is 20.2. The minimum absolute atomic E-state index is 0.0454. The fourth-order valence-corrected chi connectivity index (χ4v) is 3.56. The molecular weight excluding hydrogens is 362 g/mol. The number of rotatable bonds is 5. The van der Waals surface area contributed by atoms with E-state index >= 15 is 0 Å². The van der Waals surface area contributed by atoms with E-state index in [1.807, 2.05) is 84.9 Å². The van der Waals surface area contributed by atoms with E-state index in [0.717, 1.165) is 22.5 Å². The predicted octanol–water partition coefficient (Wildman–Crippen LogP) is 4.19. The number of nitrogens with zero attached hydrogens (tertiary/aromatic N) is 2. The molecule has 146 valence electrons. The van der Waals surface area contributed by atoms with Crippen LogP contribution in [0.25, 0.3) is 11.1 Å². The number of para-hydroxylation sites is 1. The van der Waals surface area contributed by atoms with Crippen molar-refractivity contribution >= 4 is 23.2 Å². The first-order chi connectivity index (χ1) is 14.1. The van der Waals surface area contributed by atoms with Gasteiger partial charge in [0, 0.05) is 19.2 Å². The maximum atomic E-state index is 12.7. The third-order valence-corrected chi connectivity index (χ3v) is 5.22. The van der Waals surface area contributed by atoms with Crippen LogP contribution in [0, 0.1) is 5.92 Å². The van der Waals surface area contributed by atoms with Gasteiger partial charge in [-0.25, -0.2) is 0 Å². The van der Waals surface area contributed by atoms with E-state index in [1.54, 1.807) is 5.01 Å². The molecule has 4 rings (SSSR count). The summed E-state index contributed by atoms with van der Waals surface area (Å²) in [6.07, 6.45) is 0.213. The van der Waals surface area contributed by atoms with Crippen molar-refractivity contribution in [2.75, 3.05) is 23.9 Å². The van der Waals surface area contributed by atoms with Crippen molar-refractivity contribution in [3.8, 4) is 11.1 Å². The third kappa shape index (κ3) is 4.14. The van der Waals surface area contributed by atoms with Crippen LogP contribution in [-0.2, 0) is 9.59 Å². The summed E-state index contributed by atoms with van der Waals surface area (Å²) >= 11 is 0. The quantitative estimate of drug-likeness (QED) is 0.716. The van der Waals surface area contributed by atoms with Crippen molar-refractivity contribution < 1.29 is 9.59 Å². The van der Waals surface area contributed by atoms with Gasteiger partial charge in [0.05, 0.1) is 18.2 Å². The Labute approximate surface area is 170 Å². The molecule has 0 bridgehead atoms. The van der Waals surface area contributed by atoms with E-state index < -0.39 is 0 Å². The summed E-state index contributed by atoms with van der Waals surface area (Å²) in [5, 5.41) is 6.39. The van der Waals surface area contributed by atoms with Gasteiger partial charge in [-0.05, 0) is 35.4 Å². The minimum atomic E-state index is -0.373. The van der Waals surface area contributed by atoms with Gasteiger partial charge in [0.15, 0.2) is 0 Å². The molecule has 3 aromatic carbocycles. The van der Waals surface area contributed by atoms with Crippen LogP contribution in [-0.4, -0.2) is 30.4 Å². The van der Waals surface area contributed by atoms with Crippen molar-refractivity contribution in [2.24, 2.45) is 5.92 Å². The first-order valence-electron chi connectivity index (χ1n) is 9.67. The topological polar surface area (TPSA) is 52.6 Å². The van der Waals surface area contributed by atoms with Crippen LogP contribution in [0.4, 0.5) is 11.4 Å². The number of nitrogens with one attached hydrogen (secondary N) is 1. The predicted molar refractivity (Wildman–Crippen MR) is 115 cm³/mol. The van der Waals surface area contributed by atoms with Gasteiger partial charge < -0.3 is 5.32 Å². The molecule has 1 atom stereocenters. The van der Waals surface area contributed by atoms with E-state index in [-0.39, 0.29) is 24.2 Å². The number of carbonyl (C=O) groups is 2. The second-order valence-electron chi connectivity index (χ2n) is 7.17. The number of amides is 2. The fourth-order valence-electron chi connectivity index (χ4n) is 3.56. The monoisotopic (exact) mass is 385 g/mol. The Hall–Kier alpha value is -3.60. The van der Waals surface area contributed by atoms with E-state index in [9.17, 15) is 9.59 Å². The average molecular weight is 385 g/mol. The van der Waals surface area contributed by atoms with Gasteiger partial charge >= 0.3 is 0 Å². The summed E-state index contributed by atoms with van der Waals surface area (Å²) < 4.78 is 0. The van der Waals surface area contributed by atoms with Gasteiger partial charge in [0.2, 0.25) is 11.8 Å². The van der Waals surface area contributed by atoms with E-state index in [0.29, 0.717) is 6.54 Å². The van der Waals surface area contributed by atoms with Gasteiger partial charge in [-0.1, -0.05) is 60.7 Å². The molecule has 1 N–H and O–H groups in total. The Bertz CT molecular complexity index is 988. The summed E-state index contributed by atoms with van der Waals surface area (Å²) in [4.78, 5) is 25.2. The van der Waals surface area contributed by atoms with Crippen LogP contribution in [0.15, 0.2) is 84.9 Å². The Kier molecular flexibility index (Phi) is 5.29. The Morgan fingerprint density at radius 3 is 2.14 bits per heavy atom. The highest BCUT2D eigenvalue weighted by atomic mass is 16.2. The van der Waals surface area contributed by atoms with Gasteiger partial charge in [0.25, 0.3) is 0 Å². The molecular formula is C24H23N3O2. The number of benzene rings is 3. The van der Waals surface area contributed by atoms with Crippen LogP contribution in [0.3, 0.4) is 0 Å². The molecule has 1 fully saturated rings. The van der Waals surface area contributed by atoms with E-state index in [1.165, 1.54) is 0 Å². The summed E-state index contributed by atoms with van der Waals surface area (Å²) in [7, 11) is 1.84. The van der Waals surface area contributed by atoms with E-state index in [2.05, 4.69) is 17.4 Å². The summed E-state index contributed by atoms with van der Waals surface area (Å²) in [5.74, 6) is -0.548. The molecule has 1 aliphatic heterocycles. The molecule has 2 amide bonds. The zero-order valence-corrected chi connectivity index (χ0v) is 16.3. The van der Waals surface area contributed by atoms with Crippen molar-refractivity contribution in [1.82, 2.24) is 5.01 Å². The zero-order valence-electron chi connectivity index (χ0n) is 16.3. The van der Waals surface area contributed by atoms with Crippen LogP contribution >= 0.6 is 0 Å². The molecule has 3 aromatic rings. The average Bonchev–Trinajstić information content (AvgIpc) is 3.17. The number of carbonyl (C=O) groups excluding carboxylic acids is 2. The van der Waals surface area contributed by atoms with Crippen LogP contribution < -0.4 is 10.3 Å². The first kappa shape index (κ1) is 18.7. The number of hydrogen-bond donors (Lipinski definition) is 1. The first-order valence-corrected chi connectivity index (χ1v) is 9.67. The molecule has 1 aliphatic rings. The number of anilines is 2. The van der Waals surface area contributed by atoms with Crippen LogP contribution in [0.2, 0.25) is 0 Å². The Balaban J connectivity index is 1.40. The number of hydrogen-bond acceptors (Lipinski definition) is 3. The summed E-state index contributed by atoms with van der Waals surface area (Å²) in [5.41, 5.74) is 3.87. The van der Waals surface area contributed by atoms with Gasteiger partial charge in [-0.15, -0.1) is 0 Å². The van der Waals surface area contributed by atoms with Crippen molar-refractivity contribution in [3.63, 3.8) is 0 Å². The number of hydrazine groups is 1. The lowest BCUT2D eigenvalue weighted by molar-refractivity contribution is -0.128. The minimum Gasteiger partial charge on any atom is -0.326 e. The molecule has 0 spiro atoms. The lowest BCUT2D eigenvalue weighted by Gasteiger charge is -2.30. The normalized spacial score (nSPS) is 16.0.